The minimum absolute atomic E-state index is 0.489. The first-order valence-corrected chi connectivity index (χ1v) is 8.61. The SMILES string of the molecule is Cc1nc2ccccc2nc1NC1CCN(C2CCOC2)CC1. The van der Waals surface area contributed by atoms with Crippen LogP contribution in [0.2, 0.25) is 0 Å². The van der Waals surface area contributed by atoms with E-state index in [1.165, 1.54) is 6.42 Å². The molecule has 1 atom stereocenters. The summed E-state index contributed by atoms with van der Waals surface area (Å²) in [6.07, 6.45) is 3.50. The molecule has 0 amide bonds. The summed E-state index contributed by atoms with van der Waals surface area (Å²) in [6.45, 7) is 6.16. The highest BCUT2D eigenvalue weighted by Gasteiger charge is 2.27. The average Bonchev–Trinajstić information content (AvgIpc) is 3.11. The quantitative estimate of drug-likeness (QED) is 0.944. The highest BCUT2D eigenvalue weighted by atomic mass is 16.5. The van der Waals surface area contributed by atoms with E-state index in [2.05, 4.69) is 15.2 Å². The van der Waals surface area contributed by atoms with E-state index in [4.69, 9.17) is 9.72 Å². The van der Waals surface area contributed by atoms with Gasteiger partial charge in [-0.05, 0) is 38.3 Å². The summed E-state index contributed by atoms with van der Waals surface area (Å²) >= 11 is 0. The van der Waals surface area contributed by atoms with Gasteiger partial charge in [0.1, 0.15) is 5.82 Å². The Balaban J connectivity index is 1.42. The number of fused-ring (bicyclic) bond motifs is 1. The molecule has 2 fully saturated rings. The molecule has 1 aromatic carbocycles. The van der Waals surface area contributed by atoms with Crippen LogP contribution in [0.3, 0.4) is 0 Å². The summed E-state index contributed by atoms with van der Waals surface area (Å²) < 4.78 is 5.51. The van der Waals surface area contributed by atoms with E-state index >= 15 is 0 Å². The maximum atomic E-state index is 5.51. The van der Waals surface area contributed by atoms with Crippen molar-refractivity contribution < 1.29 is 4.74 Å². The number of aryl methyl sites for hydroxylation is 1. The highest BCUT2D eigenvalue weighted by Crippen LogP contribution is 2.22. The first-order chi connectivity index (χ1) is 11.3. The average molecular weight is 312 g/mol. The Bertz CT molecular complexity index is 676. The molecule has 5 heteroatoms. The number of aromatic nitrogens is 2. The zero-order valence-corrected chi connectivity index (χ0v) is 13.7. The number of anilines is 1. The van der Waals surface area contributed by atoms with Gasteiger partial charge in [0.15, 0.2) is 0 Å². The van der Waals surface area contributed by atoms with E-state index in [0.29, 0.717) is 12.1 Å². The van der Waals surface area contributed by atoms with Gasteiger partial charge in [-0.25, -0.2) is 9.97 Å². The zero-order chi connectivity index (χ0) is 15.6. The number of likely N-dealkylation sites (tertiary alicyclic amines) is 1. The number of nitrogens with one attached hydrogen (secondary N) is 1. The van der Waals surface area contributed by atoms with Gasteiger partial charge in [-0.3, -0.25) is 4.90 Å². The van der Waals surface area contributed by atoms with Gasteiger partial charge >= 0.3 is 0 Å². The molecule has 23 heavy (non-hydrogen) atoms. The fourth-order valence-corrected chi connectivity index (χ4v) is 3.64. The maximum Gasteiger partial charge on any atom is 0.148 e. The third kappa shape index (κ3) is 3.16. The van der Waals surface area contributed by atoms with Crippen LogP contribution < -0.4 is 5.32 Å². The molecule has 0 aliphatic carbocycles. The lowest BCUT2D eigenvalue weighted by Gasteiger charge is -2.35. The molecule has 122 valence electrons. The summed E-state index contributed by atoms with van der Waals surface area (Å²) in [5, 5.41) is 3.62. The molecule has 2 saturated heterocycles. The van der Waals surface area contributed by atoms with Crippen molar-refractivity contribution in [2.45, 2.75) is 38.3 Å². The zero-order valence-electron chi connectivity index (χ0n) is 13.7. The van der Waals surface area contributed by atoms with Gasteiger partial charge in [0, 0.05) is 31.8 Å². The summed E-state index contributed by atoms with van der Waals surface area (Å²) in [6, 6.07) is 9.18. The molecule has 4 rings (SSSR count). The number of para-hydroxylation sites is 2. The van der Waals surface area contributed by atoms with Crippen molar-refractivity contribution in [1.82, 2.24) is 14.9 Å². The largest absolute Gasteiger partial charge is 0.380 e. The number of piperidine rings is 1. The summed E-state index contributed by atoms with van der Waals surface area (Å²) in [4.78, 5) is 12.0. The van der Waals surface area contributed by atoms with Crippen LogP contribution in [-0.4, -0.2) is 53.3 Å². The molecule has 2 aromatic rings. The number of ether oxygens (including phenoxy) is 1. The van der Waals surface area contributed by atoms with Crippen LogP contribution in [0, 0.1) is 6.92 Å². The molecule has 1 unspecified atom stereocenters. The Labute approximate surface area is 137 Å². The predicted molar refractivity (Wildman–Crippen MR) is 91.7 cm³/mol. The Morgan fingerprint density at radius 2 is 1.83 bits per heavy atom. The second-order valence-electron chi connectivity index (χ2n) is 6.62. The van der Waals surface area contributed by atoms with E-state index in [-0.39, 0.29) is 0 Å². The van der Waals surface area contributed by atoms with Crippen LogP contribution in [0.15, 0.2) is 24.3 Å². The van der Waals surface area contributed by atoms with E-state index in [1.54, 1.807) is 0 Å². The smallest absolute Gasteiger partial charge is 0.148 e. The topological polar surface area (TPSA) is 50.3 Å². The minimum atomic E-state index is 0.489. The molecule has 0 bridgehead atoms. The molecule has 0 saturated carbocycles. The minimum Gasteiger partial charge on any atom is -0.380 e. The third-order valence-corrected chi connectivity index (χ3v) is 5.04. The van der Waals surface area contributed by atoms with Crippen molar-refractivity contribution in [1.29, 1.82) is 0 Å². The second kappa shape index (κ2) is 6.42. The van der Waals surface area contributed by atoms with Gasteiger partial charge in [-0.1, -0.05) is 12.1 Å². The number of hydrogen-bond donors (Lipinski definition) is 1. The van der Waals surface area contributed by atoms with E-state index in [1.807, 2.05) is 31.2 Å². The summed E-state index contributed by atoms with van der Waals surface area (Å²) in [5.74, 6) is 0.936. The monoisotopic (exact) mass is 312 g/mol. The van der Waals surface area contributed by atoms with Crippen molar-refractivity contribution in [3.63, 3.8) is 0 Å². The molecule has 1 N–H and O–H groups in total. The lowest BCUT2D eigenvalue weighted by molar-refractivity contribution is 0.124. The van der Waals surface area contributed by atoms with Crippen molar-refractivity contribution in [3.8, 4) is 0 Å². The molecule has 0 radical (unpaired) electrons. The molecular formula is C18H24N4O. The van der Waals surface area contributed by atoms with Crippen LogP contribution in [0.25, 0.3) is 11.0 Å². The Morgan fingerprint density at radius 1 is 1.09 bits per heavy atom. The lowest BCUT2D eigenvalue weighted by atomic mass is 10.0. The van der Waals surface area contributed by atoms with E-state index in [0.717, 1.165) is 61.7 Å². The van der Waals surface area contributed by atoms with Gasteiger partial charge in [-0.15, -0.1) is 0 Å². The Morgan fingerprint density at radius 3 is 2.52 bits per heavy atom. The first kappa shape index (κ1) is 14.8. The Hall–Kier alpha value is -1.72. The van der Waals surface area contributed by atoms with Crippen molar-refractivity contribution >= 4 is 16.9 Å². The summed E-state index contributed by atoms with van der Waals surface area (Å²) in [5.41, 5.74) is 2.91. The standard InChI is InChI=1S/C18H24N4O/c1-13-18(21-17-5-3-2-4-16(17)19-13)20-14-6-9-22(10-7-14)15-8-11-23-12-15/h2-5,14-15H,6-12H2,1H3,(H,20,21). The van der Waals surface area contributed by atoms with Gasteiger partial charge < -0.3 is 10.1 Å². The first-order valence-electron chi connectivity index (χ1n) is 8.61. The van der Waals surface area contributed by atoms with Crippen molar-refractivity contribution in [2.24, 2.45) is 0 Å². The predicted octanol–water partition coefficient (Wildman–Crippen LogP) is 2.60. The number of benzene rings is 1. The van der Waals surface area contributed by atoms with Crippen LogP contribution in [-0.2, 0) is 4.74 Å². The van der Waals surface area contributed by atoms with Gasteiger partial charge in [0.25, 0.3) is 0 Å². The molecule has 0 spiro atoms. The second-order valence-corrected chi connectivity index (χ2v) is 6.62. The number of hydrogen-bond acceptors (Lipinski definition) is 5. The van der Waals surface area contributed by atoms with Crippen molar-refractivity contribution in [3.05, 3.63) is 30.0 Å². The number of rotatable bonds is 3. The van der Waals surface area contributed by atoms with Gasteiger partial charge in [0.2, 0.25) is 0 Å². The van der Waals surface area contributed by atoms with Crippen LogP contribution >= 0.6 is 0 Å². The van der Waals surface area contributed by atoms with Crippen LogP contribution in [0.4, 0.5) is 5.82 Å². The van der Waals surface area contributed by atoms with E-state index < -0.39 is 0 Å². The van der Waals surface area contributed by atoms with Crippen LogP contribution in [0.5, 0.6) is 0 Å². The fourth-order valence-electron chi connectivity index (χ4n) is 3.64. The highest BCUT2D eigenvalue weighted by molar-refractivity contribution is 5.76. The Kier molecular flexibility index (Phi) is 4.14. The molecular weight excluding hydrogens is 288 g/mol. The molecule has 2 aliphatic heterocycles. The van der Waals surface area contributed by atoms with Gasteiger partial charge in [0.05, 0.1) is 23.3 Å². The van der Waals surface area contributed by atoms with Crippen LogP contribution in [0.1, 0.15) is 25.0 Å². The van der Waals surface area contributed by atoms with Crippen molar-refractivity contribution in [2.75, 3.05) is 31.6 Å². The van der Waals surface area contributed by atoms with E-state index in [9.17, 15) is 0 Å². The molecule has 5 nitrogen and oxygen atoms in total. The molecule has 1 aromatic heterocycles. The van der Waals surface area contributed by atoms with Gasteiger partial charge in [-0.2, -0.15) is 0 Å². The molecule has 2 aliphatic rings. The normalized spacial score (nSPS) is 23.4. The fraction of sp³-hybridized carbons (Fsp3) is 0.556. The maximum absolute atomic E-state index is 5.51. The lowest BCUT2D eigenvalue weighted by Crippen LogP contribution is -2.45. The summed E-state index contributed by atoms with van der Waals surface area (Å²) in [7, 11) is 0. The third-order valence-electron chi connectivity index (χ3n) is 5.04. The number of nitrogens with zero attached hydrogens (tertiary/aromatic N) is 3. The molecule has 3 heterocycles.